The predicted molar refractivity (Wildman–Crippen MR) is 139 cm³/mol. The van der Waals surface area contributed by atoms with Crippen LogP contribution in [0.5, 0.6) is 0 Å². The van der Waals surface area contributed by atoms with Crippen molar-refractivity contribution in [3.63, 3.8) is 0 Å². The molecule has 2 aromatic carbocycles. The number of likely N-dealkylation sites (tertiary alicyclic amines) is 1. The van der Waals surface area contributed by atoms with Gasteiger partial charge < -0.3 is 20.9 Å². The number of amides is 3. The number of nitrogens with one attached hydrogen (secondary N) is 3. The van der Waals surface area contributed by atoms with Crippen molar-refractivity contribution in [2.24, 2.45) is 5.92 Å². The zero-order chi connectivity index (χ0) is 25.5. The largest absolute Gasteiger partial charge is 0.350 e. The SMILES string of the molecule is CC(C)C(=O)N1C[C@H](NC(=O)[C@@H]2CCCN2)C[C@@H]1C(=O)NCc1ccc(C#Cc2ccccc2)cc1. The highest BCUT2D eigenvalue weighted by Crippen LogP contribution is 2.21. The van der Waals surface area contributed by atoms with Crippen molar-refractivity contribution >= 4 is 17.7 Å². The Kier molecular flexibility index (Phi) is 8.40. The molecule has 3 N–H and O–H groups in total. The van der Waals surface area contributed by atoms with Crippen molar-refractivity contribution in [1.29, 1.82) is 0 Å². The molecule has 0 unspecified atom stereocenters. The summed E-state index contributed by atoms with van der Waals surface area (Å²) in [6.45, 7) is 5.20. The van der Waals surface area contributed by atoms with E-state index in [1.54, 1.807) is 4.90 Å². The molecule has 2 fully saturated rings. The van der Waals surface area contributed by atoms with E-state index in [9.17, 15) is 14.4 Å². The smallest absolute Gasteiger partial charge is 0.243 e. The van der Waals surface area contributed by atoms with Gasteiger partial charge in [0.05, 0.1) is 6.04 Å². The van der Waals surface area contributed by atoms with Crippen LogP contribution in [0, 0.1) is 17.8 Å². The molecule has 2 heterocycles. The highest BCUT2D eigenvalue weighted by molar-refractivity contribution is 5.89. The monoisotopic (exact) mass is 486 g/mol. The van der Waals surface area contributed by atoms with Crippen LogP contribution in [0.15, 0.2) is 54.6 Å². The third-order valence-corrected chi connectivity index (χ3v) is 6.65. The molecule has 2 saturated heterocycles. The zero-order valence-corrected chi connectivity index (χ0v) is 20.9. The highest BCUT2D eigenvalue weighted by Gasteiger charge is 2.41. The van der Waals surface area contributed by atoms with Crippen LogP contribution in [0.4, 0.5) is 0 Å². The Balaban J connectivity index is 1.35. The number of nitrogens with zero attached hydrogens (tertiary/aromatic N) is 1. The lowest BCUT2D eigenvalue weighted by molar-refractivity contribution is -0.140. The summed E-state index contributed by atoms with van der Waals surface area (Å²) in [6, 6.07) is 16.5. The Morgan fingerprint density at radius 3 is 2.33 bits per heavy atom. The van der Waals surface area contributed by atoms with E-state index in [-0.39, 0.29) is 35.7 Å². The quantitative estimate of drug-likeness (QED) is 0.546. The fourth-order valence-corrected chi connectivity index (χ4v) is 4.65. The Hall–Kier alpha value is -3.63. The first kappa shape index (κ1) is 25.5. The van der Waals surface area contributed by atoms with E-state index >= 15 is 0 Å². The summed E-state index contributed by atoms with van der Waals surface area (Å²) in [6.07, 6.45) is 2.21. The summed E-state index contributed by atoms with van der Waals surface area (Å²) in [5.74, 6) is 5.73. The van der Waals surface area contributed by atoms with E-state index in [0.29, 0.717) is 19.5 Å². The zero-order valence-electron chi connectivity index (χ0n) is 20.9. The maximum atomic E-state index is 13.1. The van der Waals surface area contributed by atoms with E-state index in [2.05, 4.69) is 27.8 Å². The minimum Gasteiger partial charge on any atom is -0.350 e. The van der Waals surface area contributed by atoms with Crippen LogP contribution in [0.25, 0.3) is 0 Å². The fraction of sp³-hybridized carbons (Fsp3) is 0.414. The van der Waals surface area contributed by atoms with Gasteiger partial charge in [0, 0.05) is 36.2 Å². The maximum absolute atomic E-state index is 13.1. The van der Waals surface area contributed by atoms with E-state index in [1.807, 2.05) is 68.4 Å². The van der Waals surface area contributed by atoms with E-state index in [4.69, 9.17) is 0 Å². The number of hydrogen-bond acceptors (Lipinski definition) is 4. The molecule has 7 heteroatoms. The van der Waals surface area contributed by atoms with Gasteiger partial charge in [-0.25, -0.2) is 0 Å². The van der Waals surface area contributed by atoms with Crippen molar-refractivity contribution in [2.45, 2.75) is 57.8 Å². The molecule has 2 aliphatic rings. The first-order valence-electron chi connectivity index (χ1n) is 12.7. The summed E-state index contributed by atoms with van der Waals surface area (Å²) in [5.41, 5.74) is 2.80. The number of hydrogen-bond donors (Lipinski definition) is 3. The Morgan fingerprint density at radius 1 is 1.00 bits per heavy atom. The molecule has 0 saturated carbocycles. The Labute approximate surface area is 213 Å². The maximum Gasteiger partial charge on any atom is 0.243 e. The van der Waals surface area contributed by atoms with Gasteiger partial charge >= 0.3 is 0 Å². The molecule has 0 radical (unpaired) electrons. The molecule has 3 atom stereocenters. The highest BCUT2D eigenvalue weighted by atomic mass is 16.2. The number of benzene rings is 2. The van der Waals surface area contributed by atoms with E-state index in [0.717, 1.165) is 36.1 Å². The average Bonchev–Trinajstić information content (AvgIpc) is 3.57. The van der Waals surface area contributed by atoms with Gasteiger partial charge in [0.25, 0.3) is 0 Å². The van der Waals surface area contributed by atoms with Crippen LogP contribution in [-0.4, -0.2) is 53.8 Å². The Bertz CT molecular complexity index is 1130. The van der Waals surface area contributed by atoms with Crippen LogP contribution in [-0.2, 0) is 20.9 Å². The van der Waals surface area contributed by atoms with Gasteiger partial charge in [0.15, 0.2) is 0 Å². The van der Waals surface area contributed by atoms with E-state index in [1.165, 1.54) is 0 Å². The van der Waals surface area contributed by atoms with Crippen LogP contribution in [0.1, 0.15) is 49.8 Å². The molecule has 0 aromatic heterocycles. The lowest BCUT2D eigenvalue weighted by Gasteiger charge is -2.25. The van der Waals surface area contributed by atoms with Crippen LogP contribution < -0.4 is 16.0 Å². The normalized spacial score (nSPS) is 21.1. The fourth-order valence-electron chi connectivity index (χ4n) is 4.65. The number of carbonyl (C=O) groups excluding carboxylic acids is 3. The molecular weight excluding hydrogens is 452 g/mol. The van der Waals surface area contributed by atoms with Crippen molar-refractivity contribution in [2.75, 3.05) is 13.1 Å². The first-order chi connectivity index (χ1) is 17.4. The molecule has 2 aromatic rings. The van der Waals surface area contributed by atoms with Gasteiger partial charge in [-0.2, -0.15) is 0 Å². The van der Waals surface area contributed by atoms with Gasteiger partial charge in [0.1, 0.15) is 6.04 Å². The van der Waals surface area contributed by atoms with Gasteiger partial charge in [0.2, 0.25) is 17.7 Å². The van der Waals surface area contributed by atoms with Gasteiger partial charge in [-0.05, 0) is 55.6 Å². The van der Waals surface area contributed by atoms with E-state index < -0.39 is 6.04 Å². The predicted octanol–water partition coefficient (Wildman–Crippen LogP) is 2.20. The molecule has 2 aliphatic heterocycles. The second kappa shape index (κ2) is 11.9. The first-order valence-corrected chi connectivity index (χ1v) is 12.7. The molecule has 0 bridgehead atoms. The minimum atomic E-state index is -0.599. The van der Waals surface area contributed by atoms with Crippen LogP contribution in [0.2, 0.25) is 0 Å². The van der Waals surface area contributed by atoms with Gasteiger partial charge in [-0.1, -0.05) is 56.0 Å². The second-order valence-corrected chi connectivity index (χ2v) is 9.78. The summed E-state index contributed by atoms with van der Waals surface area (Å²) < 4.78 is 0. The van der Waals surface area contributed by atoms with Crippen LogP contribution in [0.3, 0.4) is 0 Å². The average molecular weight is 487 g/mol. The molecule has 4 rings (SSSR count). The molecule has 36 heavy (non-hydrogen) atoms. The summed E-state index contributed by atoms with van der Waals surface area (Å²) >= 11 is 0. The summed E-state index contributed by atoms with van der Waals surface area (Å²) in [7, 11) is 0. The van der Waals surface area contributed by atoms with Crippen molar-refractivity contribution in [3.05, 3.63) is 71.3 Å². The standard InChI is InChI=1S/C29H34N4O3/c1-20(2)29(36)33-19-24(32-27(34)25-9-6-16-30-25)17-26(33)28(35)31-18-23-14-12-22(13-15-23)11-10-21-7-4-3-5-8-21/h3-5,7-8,12-15,20,24-26,30H,6,9,16-19H2,1-2H3,(H,31,35)(H,32,34)/t24-,25+,26-/m1/s1. The number of carbonyl (C=O) groups is 3. The molecular formula is C29H34N4O3. The topological polar surface area (TPSA) is 90.5 Å². The molecule has 188 valence electrons. The van der Waals surface area contributed by atoms with Crippen molar-refractivity contribution in [3.8, 4) is 11.8 Å². The summed E-state index contributed by atoms with van der Waals surface area (Å²) in [4.78, 5) is 40.1. The molecule has 0 aliphatic carbocycles. The third kappa shape index (κ3) is 6.52. The minimum absolute atomic E-state index is 0.0500. The Morgan fingerprint density at radius 2 is 1.69 bits per heavy atom. The van der Waals surface area contributed by atoms with Gasteiger partial charge in [-0.15, -0.1) is 0 Å². The second-order valence-electron chi connectivity index (χ2n) is 9.78. The molecule has 3 amide bonds. The third-order valence-electron chi connectivity index (χ3n) is 6.65. The molecule has 7 nitrogen and oxygen atoms in total. The van der Waals surface area contributed by atoms with Crippen molar-refractivity contribution in [1.82, 2.24) is 20.9 Å². The van der Waals surface area contributed by atoms with Gasteiger partial charge in [-0.3, -0.25) is 14.4 Å². The van der Waals surface area contributed by atoms with Crippen LogP contribution >= 0.6 is 0 Å². The lowest BCUT2D eigenvalue weighted by atomic mass is 10.1. The van der Waals surface area contributed by atoms with Crippen molar-refractivity contribution < 1.29 is 14.4 Å². The molecule has 0 spiro atoms. The lowest BCUT2D eigenvalue weighted by Crippen LogP contribution is -2.47. The number of rotatable bonds is 6. The summed E-state index contributed by atoms with van der Waals surface area (Å²) in [5, 5.41) is 9.22.